The lowest BCUT2D eigenvalue weighted by Crippen LogP contribution is -2.45. The number of pyridine rings is 1. The number of rotatable bonds is 3. The predicted octanol–water partition coefficient (Wildman–Crippen LogP) is 2.28. The summed E-state index contributed by atoms with van der Waals surface area (Å²) in [5, 5.41) is 3.50. The van der Waals surface area contributed by atoms with Gasteiger partial charge in [0.15, 0.2) is 0 Å². The van der Waals surface area contributed by atoms with Crippen molar-refractivity contribution in [2.24, 2.45) is 5.92 Å². The summed E-state index contributed by atoms with van der Waals surface area (Å²) in [6, 6.07) is 12.5. The van der Waals surface area contributed by atoms with Gasteiger partial charge in [-0.25, -0.2) is 0 Å². The molecular formula is C20H25N3O. The monoisotopic (exact) mass is 323 g/mol. The molecule has 1 fully saturated rings. The topological polar surface area (TPSA) is 37.3 Å². The largest absolute Gasteiger partial charge is 0.316 e. The van der Waals surface area contributed by atoms with Gasteiger partial charge in [-0.1, -0.05) is 24.3 Å². The number of hydrogen-bond acceptors (Lipinski definition) is 3. The van der Waals surface area contributed by atoms with Gasteiger partial charge in [0.2, 0.25) is 0 Å². The van der Waals surface area contributed by atoms with Gasteiger partial charge >= 0.3 is 0 Å². The van der Waals surface area contributed by atoms with Gasteiger partial charge in [0.25, 0.3) is 5.56 Å². The van der Waals surface area contributed by atoms with Crippen LogP contribution >= 0.6 is 0 Å². The number of benzene rings is 1. The van der Waals surface area contributed by atoms with E-state index in [9.17, 15) is 4.79 Å². The van der Waals surface area contributed by atoms with E-state index in [0.717, 1.165) is 37.3 Å². The summed E-state index contributed by atoms with van der Waals surface area (Å²) < 4.78 is 2.04. The Bertz CT molecular complexity index is 809. The van der Waals surface area contributed by atoms with Crippen molar-refractivity contribution in [3.05, 3.63) is 58.0 Å². The number of piperidine rings is 1. The lowest BCUT2D eigenvalue weighted by atomic mass is 9.84. The third kappa shape index (κ3) is 2.70. The first kappa shape index (κ1) is 15.6. The zero-order valence-electron chi connectivity index (χ0n) is 14.5. The first-order valence-corrected chi connectivity index (χ1v) is 8.81. The molecule has 1 aromatic heterocycles. The normalized spacial score (nSPS) is 22.5. The van der Waals surface area contributed by atoms with Crippen molar-refractivity contribution in [2.75, 3.05) is 27.2 Å². The molecule has 2 atom stereocenters. The minimum absolute atomic E-state index is 0.176. The summed E-state index contributed by atoms with van der Waals surface area (Å²) in [4.78, 5) is 15.4. The van der Waals surface area contributed by atoms with Crippen molar-refractivity contribution < 1.29 is 0 Å². The van der Waals surface area contributed by atoms with E-state index >= 15 is 0 Å². The Morgan fingerprint density at radius 3 is 2.79 bits per heavy atom. The van der Waals surface area contributed by atoms with Crippen molar-refractivity contribution in [3.63, 3.8) is 0 Å². The quantitative estimate of drug-likeness (QED) is 0.942. The van der Waals surface area contributed by atoms with Gasteiger partial charge in [-0.05, 0) is 56.2 Å². The lowest BCUT2D eigenvalue weighted by Gasteiger charge is -2.37. The average molecular weight is 323 g/mol. The third-order valence-corrected chi connectivity index (χ3v) is 5.30. The fourth-order valence-corrected chi connectivity index (χ4v) is 4.26. The van der Waals surface area contributed by atoms with Crippen LogP contribution in [0.25, 0.3) is 11.1 Å². The van der Waals surface area contributed by atoms with Gasteiger partial charge in [0.05, 0.1) is 0 Å². The summed E-state index contributed by atoms with van der Waals surface area (Å²) in [6.45, 7) is 3.71. The van der Waals surface area contributed by atoms with Crippen molar-refractivity contribution in [1.82, 2.24) is 14.8 Å². The van der Waals surface area contributed by atoms with Crippen LogP contribution in [-0.2, 0) is 13.1 Å². The Morgan fingerprint density at radius 2 is 1.96 bits per heavy atom. The molecule has 4 nitrogen and oxygen atoms in total. The molecule has 1 N–H and O–H groups in total. The van der Waals surface area contributed by atoms with Gasteiger partial charge in [0.1, 0.15) is 0 Å². The summed E-state index contributed by atoms with van der Waals surface area (Å²) in [6.07, 6.45) is 1.21. The van der Waals surface area contributed by atoms with Gasteiger partial charge in [-0.2, -0.15) is 0 Å². The highest BCUT2D eigenvalue weighted by atomic mass is 16.1. The molecule has 2 aliphatic rings. The molecule has 2 unspecified atom stereocenters. The Labute approximate surface area is 143 Å². The van der Waals surface area contributed by atoms with Crippen LogP contribution in [0, 0.1) is 5.92 Å². The molecule has 4 rings (SSSR count). The Kier molecular flexibility index (Phi) is 4.02. The molecule has 2 aliphatic heterocycles. The molecule has 0 aliphatic carbocycles. The first-order chi connectivity index (χ1) is 11.6. The first-order valence-electron chi connectivity index (χ1n) is 8.81. The van der Waals surface area contributed by atoms with E-state index in [4.69, 9.17) is 0 Å². The van der Waals surface area contributed by atoms with E-state index in [1.54, 1.807) is 0 Å². The average Bonchev–Trinajstić information content (AvgIpc) is 2.57. The van der Waals surface area contributed by atoms with Crippen LogP contribution in [0.15, 0.2) is 41.2 Å². The Morgan fingerprint density at radius 1 is 1.12 bits per heavy atom. The van der Waals surface area contributed by atoms with Crippen LogP contribution in [0.5, 0.6) is 0 Å². The highest BCUT2D eigenvalue weighted by Gasteiger charge is 2.31. The minimum atomic E-state index is 0.176. The van der Waals surface area contributed by atoms with Gasteiger partial charge in [-0.3, -0.25) is 4.79 Å². The van der Waals surface area contributed by atoms with Gasteiger partial charge in [0, 0.05) is 36.8 Å². The zero-order chi connectivity index (χ0) is 16.7. The number of nitrogens with zero attached hydrogens (tertiary/aromatic N) is 2. The molecule has 0 radical (unpaired) electrons. The summed E-state index contributed by atoms with van der Waals surface area (Å²) in [5.41, 5.74) is 4.50. The number of aromatic nitrogens is 1. The van der Waals surface area contributed by atoms with E-state index in [1.165, 1.54) is 17.7 Å². The molecule has 2 aromatic rings. The smallest absolute Gasteiger partial charge is 0.258 e. The molecule has 0 amide bonds. The highest BCUT2D eigenvalue weighted by molar-refractivity contribution is 5.66. The fourth-order valence-electron chi connectivity index (χ4n) is 4.26. The SMILES string of the molecule is CN(C)Cc1ccccc1-c1ccc2n(c1=O)CC1CNCC2C1. The maximum absolute atomic E-state index is 13.2. The molecule has 24 heavy (non-hydrogen) atoms. The second-order valence-electron chi connectivity index (χ2n) is 7.44. The summed E-state index contributed by atoms with van der Waals surface area (Å²) >= 11 is 0. The molecule has 1 aromatic carbocycles. The third-order valence-electron chi connectivity index (χ3n) is 5.30. The maximum Gasteiger partial charge on any atom is 0.258 e. The summed E-state index contributed by atoms with van der Waals surface area (Å²) in [7, 11) is 4.12. The number of nitrogens with one attached hydrogen (secondary N) is 1. The van der Waals surface area contributed by atoms with E-state index < -0.39 is 0 Å². The molecular weight excluding hydrogens is 298 g/mol. The van der Waals surface area contributed by atoms with E-state index in [-0.39, 0.29) is 5.56 Å². The molecule has 0 spiro atoms. The van der Waals surface area contributed by atoms with Crippen molar-refractivity contribution in [1.29, 1.82) is 0 Å². The zero-order valence-corrected chi connectivity index (χ0v) is 14.5. The van der Waals surface area contributed by atoms with Crippen LogP contribution in [0.4, 0.5) is 0 Å². The lowest BCUT2D eigenvalue weighted by molar-refractivity contribution is 0.257. The number of hydrogen-bond donors (Lipinski definition) is 1. The Balaban J connectivity index is 1.82. The minimum Gasteiger partial charge on any atom is -0.316 e. The van der Waals surface area contributed by atoms with E-state index in [1.807, 2.05) is 16.7 Å². The fraction of sp³-hybridized carbons (Fsp3) is 0.450. The number of fused-ring (bicyclic) bond motifs is 4. The summed E-state index contributed by atoms with van der Waals surface area (Å²) in [5.74, 6) is 1.07. The molecule has 4 heteroatoms. The molecule has 3 heterocycles. The van der Waals surface area contributed by atoms with Crippen LogP contribution in [-0.4, -0.2) is 36.7 Å². The van der Waals surface area contributed by atoms with E-state index in [0.29, 0.717) is 11.8 Å². The highest BCUT2D eigenvalue weighted by Crippen LogP contribution is 2.33. The van der Waals surface area contributed by atoms with Crippen molar-refractivity contribution >= 4 is 0 Å². The van der Waals surface area contributed by atoms with Crippen LogP contribution < -0.4 is 10.9 Å². The van der Waals surface area contributed by atoms with Crippen molar-refractivity contribution in [3.8, 4) is 11.1 Å². The molecule has 2 bridgehead atoms. The van der Waals surface area contributed by atoms with Crippen LogP contribution in [0.1, 0.15) is 23.6 Å². The van der Waals surface area contributed by atoms with Crippen LogP contribution in [0.2, 0.25) is 0 Å². The van der Waals surface area contributed by atoms with Gasteiger partial charge in [-0.15, -0.1) is 0 Å². The predicted molar refractivity (Wildman–Crippen MR) is 97.2 cm³/mol. The maximum atomic E-state index is 13.2. The molecule has 126 valence electrons. The second kappa shape index (κ2) is 6.19. The van der Waals surface area contributed by atoms with Crippen molar-refractivity contribution in [2.45, 2.75) is 25.4 Å². The van der Waals surface area contributed by atoms with Crippen LogP contribution in [0.3, 0.4) is 0 Å². The second-order valence-corrected chi connectivity index (χ2v) is 7.44. The molecule has 0 saturated carbocycles. The van der Waals surface area contributed by atoms with Gasteiger partial charge < -0.3 is 14.8 Å². The van der Waals surface area contributed by atoms with E-state index in [2.05, 4.69) is 48.6 Å². The standard InChI is InChI=1S/C20H25N3O/c1-22(2)13-15-5-3-4-6-17(15)18-7-8-19-16-9-14(10-21-11-16)12-23(19)20(18)24/h3-8,14,16,21H,9-13H2,1-2H3. The Hall–Kier alpha value is -1.91. The molecule has 1 saturated heterocycles.